The summed E-state index contributed by atoms with van der Waals surface area (Å²) in [6, 6.07) is 38.1. The van der Waals surface area contributed by atoms with E-state index in [1.807, 2.05) is 98.8 Å². The lowest BCUT2D eigenvalue weighted by Crippen LogP contribution is -2.48. The van der Waals surface area contributed by atoms with Crippen molar-refractivity contribution in [3.05, 3.63) is 144 Å². The first-order chi connectivity index (χ1) is 37.0. The highest BCUT2D eigenvalue weighted by Gasteiger charge is 2.30. The maximum absolute atomic E-state index is 12.9. The molecule has 17 nitrogen and oxygen atoms in total. The second kappa shape index (κ2) is 27.5. The molecule has 6 aromatic rings. The average Bonchev–Trinajstić information content (AvgIpc) is 3.98. The topological polar surface area (TPSA) is 197 Å². The number of hydrogen-bond donors (Lipinski definition) is 1. The van der Waals surface area contributed by atoms with Crippen molar-refractivity contribution in [3.63, 3.8) is 0 Å². The summed E-state index contributed by atoms with van der Waals surface area (Å²) in [5, 5.41) is 1.90. The quantitative estimate of drug-likeness (QED) is 0.0759. The SMILES string of the molecule is CCOc1ccc2cc(S(=O)(=O)N3CCC(C)CC3)ccc2c1.COc1ccc(CN2CCN(S(=O)(=O)c3ccc(C)cc3)CC2)cc1OCc1ccccc1.COc1ccc(S(=O)(=O)NCC2CCCO2)cc1OC=O. The number of carbonyl (C=O) groups is 1. The minimum atomic E-state index is -3.70. The van der Waals surface area contributed by atoms with Gasteiger partial charge in [-0.05, 0) is 128 Å². The van der Waals surface area contributed by atoms with E-state index in [1.165, 1.54) is 25.3 Å². The van der Waals surface area contributed by atoms with Gasteiger partial charge in [0.2, 0.25) is 30.1 Å². The predicted molar refractivity (Wildman–Crippen MR) is 295 cm³/mol. The summed E-state index contributed by atoms with van der Waals surface area (Å²) < 4.78 is 114. The molecule has 3 saturated heterocycles. The number of nitrogens with one attached hydrogen (secondary N) is 1. The number of hydrogen-bond acceptors (Lipinski definition) is 14. The van der Waals surface area contributed by atoms with E-state index in [1.54, 1.807) is 40.0 Å². The van der Waals surface area contributed by atoms with Gasteiger partial charge in [0, 0.05) is 65.0 Å². The number of methoxy groups -OCH3 is 2. The summed E-state index contributed by atoms with van der Waals surface area (Å²) >= 11 is 0. The molecule has 0 aliphatic carbocycles. The van der Waals surface area contributed by atoms with E-state index in [4.69, 9.17) is 28.4 Å². The third-order valence-corrected chi connectivity index (χ3v) is 18.7. The first-order valence-electron chi connectivity index (χ1n) is 25.7. The van der Waals surface area contributed by atoms with Gasteiger partial charge < -0.3 is 28.4 Å². The van der Waals surface area contributed by atoms with Crippen LogP contribution in [-0.4, -0.2) is 125 Å². The molecule has 3 heterocycles. The van der Waals surface area contributed by atoms with Gasteiger partial charge in [0.15, 0.2) is 23.0 Å². The maximum atomic E-state index is 12.9. The maximum Gasteiger partial charge on any atom is 0.298 e. The zero-order valence-electron chi connectivity index (χ0n) is 44.3. The molecule has 3 aliphatic heterocycles. The lowest BCUT2D eigenvalue weighted by molar-refractivity contribution is -0.120. The van der Waals surface area contributed by atoms with Crippen molar-refractivity contribution >= 4 is 47.3 Å². The molecule has 77 heavy (non-hydrogen) atoms. The molecule has 6 aromatic carbocycles. The van der Waals surface area contributed by atoms with Gasteiger partial charge in [0.05, 0.1) is 41.6 Å². The average molecular weight is 1120 g/mol. The third-order valence-electron chi connectivity index (χ3n) is 13.5. The number of piperazine rings is 1. The van der Waals surface area contributed by atoms with Crippen molar-refractivity contribution in [2.75, 3.05) is 73.2 Å². The Balaban J connectivity index is 0.000000174. The van der Waals surface area contributed by atoms with Crippen LogP contribution in [0.5, 0.6) is 28.7 Å². The van der Waals surface area contributed by atoms with Crippen molar-refractivity contribution in [1.29, 1.82) is 0 Å². The van der Waals surface area contributed by atoms with Crippen LogP contribution in [0.3, 0.4) is 0 Å². The molecule has 414 valence electrons. The van der Waals surface area contributed by atoms with Gasteiger partial charge in [-0.2, -0.15) is 8.61 Å². The Morgan fingerprint density at radius 1 is 0.623 bits per heavy atom. The minimum absolute atomic E-state index is 0.00172. The summed E-state index contributed by atoms with van der Waals surface area (Å²) in [6.07, 6.45) is 3.55. The standard InChI is InChI=1S/C26H30N2O4S.C18H23NO3S.C13H17NO6S/c1-21-8-11-24(12-9-21)33(29,30)28-16-14-27(15-17-28)19-23-10-13-25(31-2)26(18-23)32-20-22-6-4-3-5-7-22;1-3-22-17-6-4-16-13-18(7-5-15(16)12-17)23(20,21)19-10-8-14(2)9-11-19;1-18-12-5-4-11(7-13(12)20-9-15)21(16,17)14-8-10-3-2-6-19-10/h3-13,18H,14-17,19-20H2,1-2H3;4-7,12-14H,3,8-11H2,1-2H3;4-5,7,9-10,14H,2-3,6,8H2,1H3. The molecule has 0 radical (unpaired) electrons. The molecule has 20 heteroatoms. The van der Waals surface area contributed by atoms with E-state index in [0.717, 1.165) is 65.4 Å². The number of piperidine rings is 1. The number of ether oxygens (including phenoxy) is 6. The highest BCUT2D eigenvalue weighted by molar-refractivity contribution is 7.89. The molecule has 0 saturated carbocycles. The molecular formula is C57H70N4O13S3. The van der Waals surface area contributed by atoms with Crippen LogP contribution in [-0.2, 0) is 52.8 Å². The number of benzene rings is 6. The first-order valence-corrected chi connectivity index (χ1v) is 30.1. The van der Waals surface area contributed by atoms with E-state index in [9.17, 15) is 30.0 Å². The molecule has 0 aromatic heterocycles. The van der Waals surface area contributed by atoms with Crippen molar-refractivity contribution in [1.82, 2.24) is 18.2 Å². The zero-order chi connectivity index (χ0) is 55.0. The molecule has 1 atom stereocenters. The van der Waals surface area contributed by atoms with Crippen LogP contribution in [0.1, 0.15) is 56.2 Å². The van der Waals surface area contributed by atoms with Crippen molar-refractivity contribution in [2.45, 2.75) is 80.4 Å². The van der Waals surface area contributed by atoms with E-state index in [-0.39, 0.29) is 35.5 Å². The van der Waals surface area contributed by atoms with Crippen LogP contribution in [0.25, 0.3) is 10.8 Å². The normalized spacial score (nSPS) is 16.8. The van der Waals surface area contributed by atoms with Crippen LogP contribution in [0.4, 0.5) is 0 Å². The molecule has 0 amide bonds. The van der Waals surface area contributed by atoms with Gasteiger partial charge in [-0.1, -0.05) is 73.2 Å². The van der Waals surface area contributed by atoms with Crippen molar-refractivity contribution < 1.29 is 58.5 Å². The summed E-state index contributed by atoms with van der Waals surface area (Å²) in [4.78, 5) is 13.4. The fourth-order valence-electron chi connectivity index (χ4n) is 8.97. The van der Waals surface area contributed by atoms with Gasteiger partial charge in [-0.15, -0.1) is 0 Å². The van der Waals surface area contributed by atoms with Gasteiger partial charge in [0.25, 0.3) is 6.47 Å². The Hall–Kier alpha value is -6.10. The van der Waals surface area contributed by atoms with E-state index in [0.29, 0.717) is 86.3 Å². The molecule has 0 spiro atoms. The van der Waals surface area contributed by atoms with Crippen LogP contribution < -0.4 is 28.4 Å². The van der Waals surface area contributed by atoms with Crippen LogP contribution in [0.15, 0.2) is 142 Å². The molecule has 0 bridgehead atoms. The van der Waals surface area contributed by atoms with Crippen molar-refractivity contribution in [2.24, 2.45) is 5.92 Å². The lowest BCUT2D eigenvalue weighted by atomic mass is 10.0. The van der Waals surface area contributed by atoms with E-state index < -0.39 is 30.1 Å². The smallest absolute Gasteiger partial charge is 0.298 e. The Morgan fingerprint density at radius 3 is 1.91 bits per heavy atom. The first kappa shape index (κ1) is 58.6. The number of aryl methyl sites for hydroxylation is 1. The number of fused-ring (bicyclic) bond motifs is 1. The summed E-state index contributed by atoms with van der Waals surface area (Å²) in [5.74, 6) is 3.14. The monoisotopic (exact) mass is 1110 g/mol. The Labute approximate surface area is 454 Å². The molecule has 9 rings (SSSR count). The second-order valence-corrected chi connectivity index (χ2v) is 24.6. The van der Waals surface area contributed by atoms with Crippen LogP contribution in [0.2, 0.25) is 0 Å². The Kier molecular flexibility index (Phi) is 20.9. The van der Waals surface area contributed by atoms with Gasteiger partial charge in [-0.3, -0.25) is 9.69 Å². The van der Waals surface area contributed by atoms with Gasteiger partial charge in [0.1, 0.15) is 12.4 Å². The van der Waals surface area contributed by atoms with Crippen molar-refractivity contribution in [3.8, 4) is 28.7 Å². The minimum Gasteiger partial charge on any atom is -0.494 e. The van der Waals surface area contributed by atoms with E-state index >= 15 is 0 Å². The lowest BCUT2D eigenvalue weighted by Gasteiger charge is -2.34. The highest BCUT2D eigenvalue weighted by Crippen LogP contribution is 2.32. The number of carbonyl (C=O) groups excluding carboxylic acids is 1. The molecule has 1 unspecified atom stereocenters. The van der Waals surface area contributed by atoms with E-state index in [2.05, 4.69) is 16.5 Å². The summed E-state index contributed by atoms with van der Waals surface area (Å²) in [5.41, 5.74) is 3.25. The number of rotatable bonds is 19. The third kappa shape index (κ3) is 16.0. The second-order valence-electron chi connectivity index (χ2n) is 19.0. The van der Waals surface area contributed by atoms with Gasteiger partial charge in [-0.25, -0.2) is 30.0 Å². The fourth-order valence-corrected chi connectivity index (χ4v) is 13.0. The summed E-state index contributed by atoms with van der Waals surface area (Å²) in [6.45, 7) is 12.5. The molecular weight excluding hydrogens is 1040 g/mol. The fraction of sp³-hybridized carbons (Fsp3) is 0.386. The number of sulfonamides is 3. The van der Waals surface area contributed by atoms with Crippen LogP contribution >= 0.6 is 0 Å². The van der Waals surface area contributed by atoms with Gasteiger partial charge >= 0.3 is 0 Å². The largest absolute Gasteiger partial charge is 0.494 e. The Morgan fingerprint density at radius 2 is 1.25 bits per heavy atom. The predicted octanol–water partition coefficient (Wildman–Crippen LogP) is 8.44. The Bertz CT molecular complexity index is 3220. The van der Waals surface area contributed by atoms with Crippen LogP contribution in [0, 0.1) is 12.8 Å². The summed E-state index contributed by atoms with van der Waals surface area (Å²) in [7, 11) is -7.51. The molecule has 1 N–H and O–H groups in total. The zero-order valence-corrected chi connectivity index (χ0v) is 46.8. The highest BCUT2D eigenvalue weighted by atomic mass is 32.2. The molecule has 3 fully saturated rings. The number of nitrogens with zero attached hydrogens (tertiary/aromatic N) is 3. The molecule has 3 aliphatic rings.